The molecule has 8 heteroatoms. The van der Waals surface area contributed by atoms with E-state index in [0.717, 1.165) is 0 Å². The minimum Gasteiger partial charge on any atom is -0.390 e. The molecule has 7 N–H and O–H groups in total. The third-order valence-electron chi connectivity index (χ3n) is 10.8. The number of allylic oxidation sites excluding steroid dienone is 1. The second kappa shape index (κ2) is 8.32. The predicted molar refractivity (Wildman–Crippen MR) is 128 cm³/mol. The van der Waals surface area contributed by atoms with E-state index in [1.54, 1.807) is 6.08 Å². The van der Waals surface area contributed by atoms with Crippen LogP contribution in [0.1, 0.15) is 79.6 Å². The van der Waals surface area contributed by atoms with Crippen molar-refractivity contribution in [1.82, 2.24) is 0 Å². The maximum Gasteiger partial charge on any atom is 0.159 e. The van der Waals surface area contributed by atoms with Crippen molar-refractivity contribution in [2.24, 2.45) is 28.6 Å². The van der Waals surface area contributed by atoms with E-state index in [2.05, 4.69) is 0 Å². The van der Waals surface area contributed by atoms with Crippen molar-refractivity contribution in [3.05, 3.63) is 11.6 Å². The van der Waals surface area contributed by atoms with Crippen LogP contribution < -0.4 is 0 Å². The van der Waals surface area contributed by atoms with Crippen LogP contribution in [0.4, 0.5) is 0 Å². The highest BCUT2D eigenvalue weighted by molar-refractivity contribution is 5.95. The Balaban J connectivity index is 1.67. The first kappa shape index (κ1) is 27.2. The first-order valence-electron chi connectivity index (χ1n) is 13.0. The van der Waals surface area contributed by atoms with Gasteiger partial charge in [0.2, 0.25) is 0 Å². The van der Waals surface area contributed by atoms with Gasteiger partial charge >= 0.3 is 0 Å². The molecule has 0 spiro atoms. The van der Waals surface area contributed by atoms with Crippen LogP contribution >= 0.6 is 0 Å². The Kier molecular flexibility index (Phi) is 6.46. The lowest BCUT2D eigenvalue weighted by molar-refractivity contribution is -0.183. The summed E-state index contributed by atoms with van der Waals surface area (Å²) in [6.07, 6.45) is -0.617. The molecule has 0 radical (unpaired) electrons. The van der Waals surface area contributed by atoms with Crippen LogP contribution in [0.5, 0.6) is 0 Å². The molecule has 0 aliphatic heterocycles. The van der Waals surface area contributed by atoms with E-state index >= 15 is 0 Å². The van der Waals surface area contributed by atoms with Crippen LogP contribution in [0, 0.1) is 28.6 Å². The number of aliphatic hydroxyl groups is 7. The number of hydrogen-bond donors (Lipinski definition) is 7. The maximum absolute atomic E-state index is 13.3. The molecule has 3 saturated carbocycles. The van der Waals surface area contributed by atoms with E-state index in [-0.39, 0.29) is 31.0 Å². The average molecular weight is 497 g/mol. The fourth-order valence-electron chi connectivity index (χ4n) is 8.28. The summed E-state index contributed by atoms with van der Waals surface area (Å²) in [7, 11) is 0. The second-order valence-corrected chi connectivity index (χ2v) is 13.2. The number of aliphatic hydroxyl groups excluding tert-OH is 4. The Morgan fingerprint density at radius 3 is 2.23 bits per heavy atom. The van der Waals surface area contributed by atoms with Gasteiger partial charge in [0.05, 0.1) is 41.2 Å². The molecule has 0 amide bonds. The average Bonchev–Trinajstić information content (AvgIpc) is 3.01. The first-order chi connectivity index (χ1) is 15.9. The SMILES string of the molecule is CC(C)(O)[C@@H](O)C[C@@H](O)[C@](C)(O)[C@H]1CC[C@@]2(O)C3=CC(=O)[C@@H]4C[C@@H](O)[C@@H](O)C[C@]4(C)[C@@H]3CC[C@]12C. The molecule has 4 aliphatic rings. The minimum atomic E-state index is -1.64. The van der Waals surface area contributed by atoms with Gasteiger partial charge in [-0.15, -0.1) is 0 Å². The molecule has 4 rings (SSSR count). The molecule has 4 aliphatic carbocycles. The Morgan fingerprint density at radius 1 is 1.00 bits per heavy atom. The smallest absolute Gasteiger partial charge is 0.159 e. The summed E-state index contributed by atoms with van der Waals surface area (Å²) in [5.41, 5.74) is -5.18. The number of hydrogen-bond acceptors (Lipinski definition) is 8. The van der Waals surface area contributed by atoms with E-state index in [1.165, 1.54) is 20.8 Å². The summed E-state index contributed by atoms with van der Waals surface area (Å²) in [6.45, 7) is 8.31. The van der Waals surface area contributed by atoms with Crippen molar-refractivity contribution in [1.29, 1.82) is 0 Å². The van der Waals surface area contributed by atoms with Gasteiger partial charge in [0.1, 0.15) is 0 Å². The molecule has 0 heterocycles. The molecule has 35 heavy (non-hydrogen) atoms. The zero-order chi connectivity index (χ0) is 26.4. The maximum atomic E-state index is 13.3. The number of ketones is 1. The summed E-state index contributed by atoms with van der Waals surface area (Å²) in [5, 5.41) is 75.8. The van der Waals surface area contributed by atoms with Gasteiger partial charge in [-0.25, -0.2) is 0 Å². The predicted octanol–water partition coefficient (Wildman–Crippen LogP) is 0.825. The summed E-state index contributed by atoms with van der Waals surface area (Å²) >= 11 is 0. The highest BCUT2D eigenvalue weighted by Crippen LogP contribution is 2.68. The standard InChI is InChI=1S/C27H44O8/c1-23(2,33)21(31)12-22(32)26(5,34)20-7-9-27(35)15-10-17(28)16-11-18(29)19(30)13-24(16,3)14(15)6-8-25(20,27)4/h10,14,16,18-22,29-35H,6-9,11-13H2,1-5H3/t14-,16+,18-,19+,20+,21+,22-,24-,25-,26-,27-/m1/s1. The van der Waals surface area contributed by atoms with E-state index in [4.69, 9.17) is 0 Å². The van der Waals surface area contributed by atoms with Gasteiger partial charge in [0, 0.05) is 17.8 Å². The van der Waals surface area contributed by atoms with E-state index < -0.39 is 63.9 Å². The molecular formula is C27H44O8. The number of rotatable bonds is 5. The summed E-state index contributed by atoms with van der Waals surface area (Å²) in [4.78, 5) is 13.3. The fourth-order valence-corrected chi connectivity index (χ4v) is 8.28. The quantitative estimate of drug-likeness (QED) is 0.295. The molecule has 0 bridgehead atoms. The van der Waals surface area contributed by atoms with Crippen LogP contribution in [0.2, 0.25) is 0 Å². The lowest BCUT2D eigenvalue weighted by atomic mass is 9.45. The highest BCUT2D eigenvalue weighted by atomic mass is 16.4. The third-order valence-corrected chi connectivity index (χ3v) is 10.8. The number of carbonyl (C=O) groups is 1. The first-order valence-corrected chi connectivity index (χ1v) is 13.0. The Bertz CT molecular complexity index is 892. The summed E-state index contributed by atoms with van der Waals surface area (Å²) in [5.74, 6) is -1.18. The fraction of sp³-hybridized carbons (Fsp3) is 0.889. The molecule has 0 unspecified atom stereocenters. The van der Waals surface area contributed by atoms with E-state index in [1.807, 2.05) is 13.8 Å². The van der Waals surface area contributed by atoms with Gasteiger partial charge in [0.15, 0.2) is 5.78 Å². The summed E-state index contributed by atoms with van der Waals surface area (Å²) in [6, 6.07) is 0. The van der Waals surface area contributed by atoms with Crippen LogP contribution in [-0.2, 0) is 4.79 Å². The lowest BCUT2D eigenvalue weighted by Crippen LogP contribution is -2.63. The summed E-state index contributed by atoms with van der Waals surface area (Å²) < 4.78 is 0. The van der Waals surface area contributed by atoms with Gasteiger partial charge < -0.3 is 35.7 Å². The Morgan fingerprint density at radius 2 is 1.63 bits per heavy atom. The normalized spacial score (nSPS) is 47.1. The van der Waals surface area contributed by atoms with E-state index in [9.17, 15) is 40.5 Å². The molecule has 0 saturated heterocycles. The molecule has 0 aromatic carbocycles. The number of carbonyl (C=O) groups excluding carboxylic acids is 1. The highest BCUT2D eigenvalue weighted by Gasteiger charge is 2.69. The Hall–Kier alpha value is -0.870. The molecule has 8 nitrogen and oxygen atoms in total. The molecule has 0 aromatic heterocycles. The monoisotopic (exact) mass is 496 g/mol. The largest absolute Gasteiger partial charge is 0.390 e. The minimum absolute atomic E-state index is 0.129. The second-order valence-electron chi connectivity index (χ2n) is 13.2. The zero-order valence-corrected chi connectivity index (χ0v) is 21.6. The van der Waals surface area contributed by atoms with Crippen molar-refractivity contribution in [2.75, 3.05) is 0 Å². The molecule has 200 valence electrons. The van der Waals surface area contributed by atoms with Crippen molar-refractivity contribution in [2.45, 2.75) is 121 Å². The van der Waals surface area contributed by atoms with Crippen molar-refractivity contribution < 1.29 is 40.5 Å². The van der Waals surface area contributed by atoms with Gasteiger partial charge in [-0.05, 0) is 88.2 Å². The topological polar surface area (TPSA) is 159 Å². The van der Waals surface area contributed by atoms with Crippen LogP contribution in [0.15, 0.2) is 11.6 Å². The lowest BCUT2D eigenvalue weighted by Gasteiger charge is -2.60. The van der Waals surface area contributed by atoms with Gasteiger partial charge in [-0.3, -0.25) is 4.79 Å². The number of fused-ring (bicyclic) bond motifs is 5. The molecule has 3 fully saturated rings. The molecule has 0 aromatic rings. The van der Waals surface area contributed by atoms with Crippen LogP contribution in [0.25, 0.3) is 0 Å². The third kappa shape index (κ3) is 3.87. The molecular weight excluding hydrogens is 452 g/mol. The van der Waals surface area contributed by atoms with Crippen LogP contribution in [0.3, 0.4) is 0 Å². The van der Waals surface area contributed by atoms with Gasteiger partial charge in [0.25, 0.3) is 0 Å². The van der Waals surface area contributed by atoms with Crippen LogP contribution in [-0.4, -0.2) is 82.7 Å². The van der Waals surface area contributed by atoms with Crippen molar-refractivity contribution in [3.8, 4) is 0 Å². The molecule has 11 atom stereocenters. The van der Waals surface area contributed by atoms with Gasteiger partial charge in [-0.1, -0.05) is 13.8 Å². The van der Waals surface area contributed by atoms with E-state index in [0.29, 0.717) is 31.3 Å². The van der Waals surface area contributed by atoms with Crippen molar-refractivity contribution >= 4 is 5.78 Å². The zero-order valence-electron chi connectivity index (χ0n) is 21.6. The Labute approximate surface area is 207 Å². The van der Waals surface area contributed by atoms with Gasteiger partial charge in [-0.2, -0.15) is 0 Å². The van der Waals surface area contributed by atoms with Crippen molar-refractivity contribution in [3.63, 3.8) is 0 Å².